The lowest BCUT2D eigenvalue weighted by Crippen LogP contribution is -1.94. The van der Waals surface area contributed by atoms with Crippen molar-refractivity contribution in [3.63, 3.8) is 0 Å². The van der Waals surface area contributed by atoms with Crippen LogP contribution in [-0.2, 0) is 0 Å². The van der Waals surface area contributed by atoms with E-state index < -0.39 is 4.92 Å². The minimum Gasteiger partial charge on any atom is -0.298 e. The predicted octanol–water partition coefficient (Wildman–Crippen LogP) is 1.39. The van der Waals surface area contributed by atoms with Crippen molar-refractivity contribution in [3.8, 4) is 12.3 Å². The Morgan fingerprint density at radius 2 is 2.23 bits per heavy atom. The Hall–Kier alpha value is -2.15. The average Bonchev–Trinajstić information content (AvgIpc) is 2.16. The highest BCUT2D eigenvalue weighted by Crippen LogP contribution is 2.17. The predicted molar refractivity (Wildman–Crippen MR) is 46.4 cm³/mol. The number of terminal acetylenes is 1. The second kappa shape index (κ2) is 3.50. The van der Waals surface area contributed by atoms with E-state index >= 15 is 0 Å². The molecule has 13 heavy (non-hydrogen) atoms. The van der Waals surface area contributed by atoms with Gasteiger partial charge in [0.2, 0.25) is 0 Å². The van der Waals surface area contributed by atoms with E-state index in [1.54, 1.807) is 0 Å². The maximum atomic E-state index is 10.4. The van der Waals surface area contributed by atoms with Crippen molar-refractivity contribution in [2.45, 2.75) is 0 Å². The van der Waals surface area contributed by atoms with E-state index in [1.807, 2.05) is 0 Å². The Morgan fingerprint density at radius 3 is 2.69 bits per heavy atom. The molecule has 0 heterocycles. The Balaban J connectivity index is 3.36. The average molecular weight is 175 g/mol. The monoisotopic (exact) mass is 175 g/mol. The third-order valence-electron chi connectivity index (χ3n) is 1.52. The van der Waals surface area contributed by atoms with Gasteiger partial charge in [0.05, 0.1) is 10.5 Å². The maximum absolute atomic E-state index is 10.4. The van der Waals surface area contributed by atoms with Gasteiger partial charge in [-0.2, -0.15) is 0 Å². The SMILES string of the molecule is C#Cc1ccc(C=O)c([N+](=O)[O-])c1. The molecule has 0 spiro atoms. The Morgan fingerprint density at radius 1 is 1.54 bits per heavy atom. The highest BCUT2D eigenvalue weighted by atomic mass is 16.6. The molecule has 0 aliphatic heterocycles. The summed E-state index contributed by atoms with van der Waals surface area (Å²) in [5, 5.41) is 10.4. The van der Waals surface area contributed by atoms with Crippen LogP contribution in [0.2, 0.25) is 0 Å². The second-order valence-electron chi connectivity index (χ2n) is 2.29. The summed E-state index contributed by atoms with van der Waals surface area (Å²) in [5.41, 5.74) is 0.159. The van der Waals surface area contributed by atoms with Crippen LogP contribution in [0.4, 0.5) is 5.69 Å². The molecule has 0 radical (unpaired) electrons. The first kappa shape index (κ1) is 8.94. The van der Waals surface area contributed by atoms with E-state index in [-0.39, 0.29) is 11.3 Å². The summed E-state index contributed by atoms with van der Waals surface area (Å²) in [5.74, 6) is 2.25. The Kier molecular flexibility index (Phi) is 2.41. The lowest BCUT2D eigenvalue weighted by molar-refractivity contribution is -0.385. The molecule has 0 aliphatic rings. The van der Waals surface area contributed by atoms with Gasteiger partial charge in [-0.05, 0) is 12.1 Å². The molecule has 4 heteroatoms. The number of benzene rings is 1. The van der Waals surface area contributed by atoms with E-state index in [0.717, 1.165) is 0 Å². The smallest absolute Gasteiger partial charge is 0.281 e. The van der Waals surface area contributed by atoms with Crippen LogP contribution < -0.4 is 0 Å². The molecule has 4 nitrogen and oxygen atoms in total. The normalized spacial score (nSPS) is 8.85. The number of aldehydes is 1. The van der Waals surface area contributed by atoms with Crippen molar-refractivity contribution in [1.29, 1.82) is 0 Å². The van der Waals surface area contributed by atoms with Gasteiger partial charge in [-0.3, -0.25) is 14.9 Å². The summed E-state index contributed by atoms with van der Waals surface area (Å²) in [4.78, 5) is 20.2. The third kappa shape index (κ3) is 1.71. The van der Waals surface area contributed by atoms with E-state index in [1.165, 1.54) is 18.2 Å². The quantitative estimate of drug-likeness (QED) is 0.295. The van der Waals surface area contributed by atoms with Crippen LogP contribution in [0.1, 0.15) is 15.9 Å². The fourth-order valence-corrected chi connectivity index (χ4v) is 0.891. The fraction of sp³-hybridized carbons (Fsp3) is 0. The third-order valence-corrected chi connectivity index (χ3v) is 1.52. The van der Waals surface area contributed by atoms with Gasteiger partial charge in [-0.25, -0.2) is 0 Å². The number of rotatable bonds is 2. The molecule has 0 saturated heterocycles. The van der Waals surface area contributed by atoms with Crippen LogP contribution in [0.15, 0.2) is 18.2 Å². The molecule has 0 saturated carbocycles. The molecule has 1 rings (SSSR count). The standard InChI is InChI=1S/C9H5NO3/c1-2-7-3-4-8(6-11)9(5-7)10(12)13/h1,3-6H. The van der Waals surface area contributed by atoms with E-state index in [4.69, 9.17) is 6.42 Å². The number of carbonyl (C=O) groups is 1. The molecule has 0 aromatic heterocycles. The van der Waals surface area contributed by atoms with Gasteiger partial charge in [0.15, 0.2) is 6.29 Å². The Bertz CT molecular complexity index is 404. The lowest BCUT2D eigenvalue weighted by atomic mass is 10.1. The van der Waals surface area contributed by atoms with Crippen LogP contribution in [0.3, 0.4) is 0 Å². The molecule has 0 unspecified atom stereocenters. The lowest BCUT2D eigenvalue weighted by Gasteiger charge is -1.95. The molecule has 1 aromatic rings. The first-order chi connectivity index (χ1) is 6.19. The van der Waals surface area contributed by atoms with Crippen LogP contribution in [0, 0.1) is 22.5 Å². The molecule has 0 fully saturated rings. The minimum atomic E-state index is -0.634. The maximum Gasteiger partial charge on any atom is 0.281 e. The number of nitro benzene ring substituents is 1. The van der Waals surface area contributed by atoms with Crippen molar-refractivity contribution >= 4 is 12.0 Å². The van der Waals surface area contributed by atoms with Crippen LogP contribution >= 0.6 is 0 Å². The molecule has 0 bridgehead atoms. The number of nitro groups is 1. The summed E-state index contributed by atoms with van der Waals surface area (Å²) in [6, 6.07) is 4.01. The zero-order chi connectivity index (χ0) is 9.84. The molecule has 0 N–H and O–H groups in total. The van der Waals surface area contributed by atoms with Crippen LogP contribution in [0.25, 0.3) is 0 Å². The minimum absolute atomic E-state index is 0.0315. The molecule has 0 amide bonds. The van der Waals surface area contributed by atoms with Crippen LogP contribution in [0.5, 0.6) is 0 Å². The molecular formula is C9H5NO3. The highest BCUT2D eigenvalue weighted by molar-refractivity contribution is 5.81. The summed E-state index contributed by atoms with van der Waals surface area (Å²) in [6.07, 6.45) is 5.48. The zero-order valence-corrected chi connectivity index (χ0v) is 6.56. The molecule has 1 aromatic carbocycles. The second-order valence-corrected chi connectivity index (χ2v) is 2.29. The van der Waals surface area contributed by atoms with Gasteiger partial charge in [-0.15, -0.1) is 6.42 Å². The van der Waals surface area contributed by atoms with Gasteiger partial charge >= 0.3 is 0 Å². The number of hydrogen-bond donors (Lipinski definition) is 0. The molecule has 0 aliphatic carbocycles. The first-order valence-electron chi connectivity index (χ1n) is 3.39. The summed E-state index contributed by atoms with van der Waals surface area (Å²) in [7, 11) is 0. The number of nitrogens with zero attached hydrogens (tertiary/aromatic N) is 1. The fourth-order valence-electron chi connectivity index (χ4n) is 0.891. The van der Waals surface area contributed by atoms with Gasteiger partial charge in [0, 0.05) is 11.6 Å². The molecule has 64 valence electrons. The van der Waals surface area contributed by atoms with Crippen molar-refractivity contribution in [3.05, 3.63) is 39.4 Å². The van der Waals surface area contributed by atoms with Crippen molar-refractivity contribution < 1.29 is 9.72 Å². The Labute approximate surface area is 74.3 Å². The van der Waals surface area contributed by atoms with E-state index in [9.17, 15) is 14.9 Å². The zero-order valence-electron chi connectivity index (χ0n) is 6.56. The van der Waals surface area contributed by atoms with Gasteiger partial charge in [-0.1, -0.05) is 5.92 Å². The van der Waals surface area contributed by atoms with Crippen molar-refractivity contribution in [2.75, 3.05) is 0 Å². The number of carbonyl (C=O) groups excluding carboxylic acids is 1. The largest absolute Gasteiger partial charge is 0.298 e. The van der Waals surface area contributed by atoms with Crippen LogP contribution in [-0.4, -0.2) is 11.2 Å². The highest BCUT2D eigenvalue weighted by Gasteiger charge is 2.12. The van der Waals surface area contributed by atoms with Crippen molar-refractivity contribution in [2.24, 2.45) is 0 Å². The molecular weight excluding hydrogens is 170 g/mol. The number of hydrogen-bond acceptors (Lipinski definition) is 3. The summed E-state index contributed by atoms with van der Waals surface area (Å²) < 4.78 is 0. The van der Waals surface area contributed by atoms with Gasteiger partial charge in [0.25, 0.3) is 5.69 Å². The first-order valence-corrected chi connectivity index (χ1v) is 3.39. The van der Waals surface area contributed by atoms with E-state index in [2.05, 4.69) is 5.92 Å². The topological polar surface area (TPSA) is 60.2 Å². The van der Waals surface area contributed by atoms with Gasteiger partial charge in [0.1, 0.15) is 0 Å². The van der Waals surface area contributed by atoms with Crippen molar-refractivity contribution in [1.82, 2.24) is 0 Å². The van der Waals surface area contributed by atoms with Gasteiger partial charge < -0.3 is 0 Å². The summed E-state index contributed by atoms with van der Waals surface area (Å²) in [6.45, 7) is 0. The summed E-state index contributed by atoms with van der Waals surface area (Å²) >= 11 is 0. The van der Waals surface area contributed by atoms with E-state index in [0.29, 0.717) is 11.8 Å². The molecule has 0 atom stereocenters.